The molecule has 1 aliphatic rings. The fraction of sp³-hybridized carbons (Fsp3) is 0.345. The van der Waals surface area contributed by atoms with Crippen molar-refractivity contribution in [2.45, 2.75) is 51.5 Å². The van der Waals surface area contributed by atoms with Gasteiger partial charge in [0.2, 0.25) is 0 Å². The van der Waals surface area contributed by atoms with E-state index in [2.05, 4.69) is 77.8 Å². The number of ether oxygens (including phenoxy) is 1. The molecule has 0 saturated carbocycles. The highest BCUT2D eigenvalue weighted by Gasteiger charge is 2.28. The van der Waals surface area contributed by atoms with E-state index in [4.69, 9.17) is 4.74 Å². The minimum absolute atomic E-state index is 0.212. The van der Waals surface area contributed by atoms with Gasteiger partial charge in [0.15, 0.2) is 6.23 Å². The number of nitrogens with one attached hydrogen (secondary N) is 1. The summed E-state index contributed by atoms with van der Waals surface area (Å²) in [5.41, 5.74) is 3.55. The molecule has 1 amide bonds. The van der Waals surface area contributed by atoms with E-state index in [1.54, 1.807) is 0 Å². The van der Waals surface area contributed by atoms with Gasteiger partial charge in [0.25, 0.3) is 0 Å². The number of nitrogens with zero attached hydrogens (tertiary/aromatic N) is 2. The molecule has 5 nitrogen and oxygen atoms in total. The summed E-state index contributed by atoms with van der Waals surface area (Å²) < 4.78 is 6.09. The summed E-state index contributed by atoms with van der Waals surface area (Å²) in [7, 11) is 0. The van der Waals surface area contributed by atoms with Crippen molar-refractivity contribution < 1.29 is 9.53 Å². The van der Waals surface area contributed by atoms with Gasteiger partial charge < -0.3 is 15.0 Å². The summed E-state index contributed by atoms with van der Waals surface area (Å²) in [6.45, 7) is 4.94. The smallest absolute Gasteiger partial charge is 0.411 e. The van der Waals surface area contributed by atoms with E-state index >= 15 is 0 Å². The highest BCUT2D eigenvalue weighted by molar-refractivity contribution is 5.68. The number of carbonyl (C=O) groups excluding carboxylic acids is 1. The predicted octanol–water partition coefficient (Wildman–Crippen LogP) is 6.14. The molecule has 3 aromatic rings. The molecule has 1 aliphatic heterocycles. The Morgan fingerprint density at radius 3 is 1.88 bits per heavy atom. The molecule has 0 spiro atoms. The maximum absolute atomic E-state index is 13.1. The van der Waals surface area contributed by atoms with E-state index in [0.717, 1.165) is 38.0 Å². The number of likely N-dealkylation sites (tertiary alicyclic amines) is 1. The van der Waals surface area contributed by atoms with Crippen molar-refractivity contribution in [3.8, 4) is 0 Å². The third kappa shape index (κ3) is 6.84. The van der Waals surface area contributed by atoms with E-state index in [1.807, 2.05) is 35.2 Å². The average Bonchev–Trinajstić information content (AvgIpc) is 2.89. The molecule has 34 heavy (non-hydrogen) atoms. The lowest BCUT2D eigenvalue weighted by Gasteiger charge is -2.35. The zero-order valence-corrected chi connectivity index (χ0v) is 20.0. The average molecular weight is 458 g/mol. The second-order valence-corrected chi connectivity index (χ2v) is 8.89. The largest absolute Gasteiger partial charge is 0.430 e. The Hall–Kier alpha value is -3.31. The molecule has 1 N–H and O–H groups in total. The summed E-state index contributed by atoms with van der Waals surface area (Å²) in [5.74, 6) is 0. The maximum atomic E-state index is 13.1. The second kappa shape index (κ2) is 12.2. The van der Waals surface area contributed by atoms with Crippen LogP contribution in [0.25, 0.3) is 0 Å². The topological polar surface area (TPSA) is 44.8 Å². The highest BCUT2D eigenvalue weighted by atomic mass is 16.6. The number of hydrogen-bond donors (Lipinski definition) is 1. The van der Waals surface area contributed by atoms with Crippen molar-refractivity contribution in [2.24, 2.45) is 0 Å². The first-order chi connectivity index (χ1) is 16.7. The molecule has 1 heterocycles. The van der Waals surface area contributed by atoms with E-state index in [1.165, 1.54) is 11.1 Å². The first kappa shape index (κ1) is 23.8. The summed E-state index contributed by atoms with van der Waals surface area (Å²) in [6.07, 6.45) is 2.07. The fourth-order valence-corrected chi connectivity index (χ4v) is 4.48. The van der Waals surface area contributed by atoms with Gasteiger partial charge in [-0.1, -0.05) is 85.8 Å². The molecule has 0 aromatic heterocycles. The first-order valence-electron chi connectivity index (χ1n) is 12.3. The number of piperidine rings is 1. The van der Waals surface area contributed by atoms with Crippen LogP contribution in [0.5, 0.6) is 0 Å². The fourth-order valence-electron chi connectivity index (χ4n) is 4.48. The van der Waals surface area contributed by atoms with Gasteiger partial charge in [0, 0.05) is 37.9 Å². The lowest BCUT2D eigenvalue weighted by molar-refractivity contribution is -0.0410. The summed E-state index contributed by atoms with van der Waals surface area (Å²) in [6, 6.07) is 31.4. The van der Waals surface area contributed by atoms with Gasteiger partial charge in [-0.3, -0.25) is 4.90 Å². The predicted molar refractivity (Wildman–Crippen MR) is 137 cm³/mol. The molecule has 0 bridgehead atoms. The maximum Gasteiger partial charge on any atom is 0.411 e. The van der Waals surface area contributed by atoms with Gasteiger partial charge in [-0.05, 0) is 42.5 Å². The molecular weight excluding hydrogens is 422 g/mol. The molecule has 1 saturated heterocycles. The first-order valence-corrected chi connectivity index (χ1v) is 12.3. The van der Waals surface area contributed by atoms with Gasteiger partial charge in [-0.2, -0.15) is 0 Å². The van der Waals surface area contributed by atoms with Crippen LogP contribution in [-0.2, 0) is 17.8 Å². The van der Waals surface area contributed by atoms with E-state index in [-0.39, 0.29) is 12.3 Å². The van der Waals surface area contributed by atoms with Gasteiger partial charge in [0.1, 0.15) is 0 Å². The summed E-state index contributed by atoms with van der Waals surface area (Å²) >= 11 is 0. The normalized spacial score (nSPS) is 15.2. The number of amides is 1. The van der Waals surface area contributed by atoms with Crippen molar-refractivity contribution in [1.29, 1.82) is 0 Å². The molecular formula is C29H35N3O2. The van der Waals surface area contributed by atoms with E-state index in [9.17, 15) is 4.79 Å². The highest BCUT2D eigenvalue weighted by Crippen LogP contribution is 2.20. The van der Waals surface area contributed by atoms with Crippen LogP contribution in [0.2, 0.25) is 0 Å². The lowest BCUT2D eigenvalue weighted by Crippen LogP contribution is -2.46. The Labute approximate surface area is 203 Å². The van der Waals surface area contributed by atoms with Gasteiger partial charge in [-0.25, -0.2) is 4.79 Å². The molecule has 1 unspecified atom stereocenters. The Bertz CT molecular complexity index is 948. The van der Waals surface area contributed by atoms with Crippen molar-refractivity contribution in [3.05, 3.63) is 102 Å². The second-order valence-electron chi connectivity index (χ2n) is 8.89. The number of carbonyl (C=O) groups is 1. The van der Waals surface area contributed by atoms with Crippen molar-refractivity contribution in [2.75, 3.05) is 18.4 Å². The van der Waals surface area contributed by atoms with Crippen molar-refractivity contribution in [1.82, 2.24) is 9.80 Å². The van der Waals surface area contributed by atoms with Gasteiger partial charge in [0.05, 0.1) is 0 Å². The van der Waals surface area contributed by atoms with E-state index in [0.29, 0.717) is 19.1 Å². The molecule has 1 atom stereocenters. The van der Waals surface area contributed by atoms with Crippen LogP contribution in [0.4, 0.5) is 10.5 Å². The number of rotatable bonds is 9. The lowest BCUT2D eigenvalue weighted by atomic mass is 10.1. The molecule has 0 radical (unpaired) electrons. The van der Waals surface area contributed by atoms with E-state index < -0.39 is 0 Å². The van der Waals surface area contributed by atoms with Crippen LogP contribution in [0.3, 0.4) is 0 Å². The van der Waals surface area contributed by atoms with Crippen LogP contribution in [0.1, 0.15) is 37.3 Å². The van der Waals surface area contributed by atoms with Crippen LogP contribution in [0, 0.1) is 0 Å². The molecule has 178 valence electrons. The van der Waals surface area contributed by atoms with Crippen LogP contribution >= 0.6 is 0 Å². The van der Waals surface area contributed by atoms with Crippen LogP contribution in [-0.4, -0.2) is 41.3 Å². The Morgan fingerprint density at radius 2 is 1.38 bits per heavy atom. The zero-order chi connectivity index (χ0) is 23.6. The Morgan fingerprint density at radius 1 is 0.882 bits per heavy atom. The number of anilines is 1. The zero-order valence-electron chi connectivity index (χ0n) is 20.0. The Balaban J connectivity index is 1.36. The van der Waals surface area contributed by atoms with Gasteiger partial charge >= 0.3 is 6.09 Å². The number of para-hydroxylation sites is 1. The summed E-state index contributed by atoms with van der Waals surface area (Å²) in [5, 5.41) is 3.58. The third-order valence-corrected chi connectivity index (χ3v) is 6.35. The van der Waals surface area contributed by atoms with Crippen molar-refractivity contribution >= 4 is 11.8 Å². The van der Waals surface area contributed by atoms with Crippen LogP contribution in [0.15, 0.2) is 91.0 Å². The quantitative estimate of drug-likeness (QED) is 0.392. The summed E-state index contributed by atoms with van der Waals surface area (Å²) in [4.78, 5) is 17.2. The molecule has 4 rings (SSSR count). The SMILES string of the molecule is CCC(OC(=O)N1CCC(Nc2ccccc2)CC1)N(Cc1ccccc1)Cc1ccccc1. The van der Waals surface area contributed by atoms with Gasteiger partial charge in [-0.15, -0.1) is 0 Å². The molecule has 0 aliphatic carbocycles. The molecule has 3 aromatic carbocycles. The Kier molecular flexibility index (Phi) is 8.58. The minimum Gasteiger partial charge on any atom is -0.430 e. The van der Waals surface area contributed by atoms with Crippen molar-refractivity contribution in [3.63, 3.8) is 0 Å². The number of benzene rings is 3. The van der Waals surface area contributed by atoms with Crippen LogP contribution < -0.4 is 5.32 Å². The minimum atomic E-state index is -0.284. The monoisotopic (exact) mass is 457 g/mol. The molecule has 1 fully saturated rings. The number of hydrogen-bond acceptors (Lipinski definition) is 4. The third-order valence-electron chi connectivity index (χ3n) is 6.35. The molecule has 5 heteroatoms. The standard InChI is InChI=1S/C29H35N3O2/c1-2-28(32(22-24-12-6-3-7-13-24)23-25-14-8-4-9-15-25)34-29(33)31-20-18-27(19-21-31)30-26-16-10-5-11-17-26/h3-17,27-28,30H,2,18-23H2,1H3.